The summed E-state index contributed by atoms with van der Waals surface area (Å²) < 4.78 is 5.41. The van der Waals surface area contributed by atoms with Gasteiger partial charge in [-0.2, -0.15) is 0 Å². The van der Waals surface area contributed by atoms with Gasteiger partial charge in [0.05, 0.1) is 13.2 Å². The Morgan fingerprint density at radius 1 is 1.24 bits per heavy atom. The maximum Gasteiger partial charge on any atom is 0.227 e. The molecule has 0 aliphatic carbocycles. The standard InChI is InChI=1S/C17H24N2O2/c1-13(2)11-17(20)19-6-5-14-3-4-15(12-16(14)19)18-7-9-21-10-8-18/h3-4,12-13H,5-11H2,1-2H3. The van der Waals surface area contributed by atoms with Gasteiger partial charge in [-0.15, -0.1) is 0 Å². The highest BCUT2D eigenvalue weighted by Gasteiger charge is 2.26. The summed E-state index contributed by atoms with van der Waals surface area (Å²) in [6, 6.07) is 6.55. The third-order valence-corrected chi connectivity index (χ3v) is 4.22. The second kappa shape index (κ2) is 6.06. The first-order valence-corrected chi connectivity index (χ1v) is 7.91. The first-order valence-electron chi connectivity index (χ1n) is 7.91. The third kappa shape index (κ3) is 3.05. The highest BCUT2D eigenvalue weighted by Crippen LogP contribution is 2.33. The molecule has 1 fully saturated rings. The molecule has 4 nitrogen and oxygen atoms in total. The van der Waals surface area contributed by atoms with Crippen LogP contribution < -0.4 is 9.80 Å². The fourth-order valence-electron chi connectivity index (χ4n) is 3.10. The van der Waals surface area contributed by atoms with Gasteiger partial charge in [0.25, 0.3) is 0 Å². The predicted molar refractivity (Wildman–Crippen MR) is 85.0 cm³/mol. The Balaban J connectivity index is 1.81. The summed E-state index contributed by atoms with van der Waals surface area (Å²) in [4.78, 5) is 16.7. The number of benzene rings is 1. The van der Waals surface area contributed by atoms with Crippen LogP contribution in [0.1, 0.15) is 25.8 Å². The van der Waals surface area contributed by atoms with Gasteiger partial charge in [0.15, 0.2) is 0 Å². The molecule has 0 bridgehead atoms. The number of carbonyl (C=O) groups is 1. The van der Waals surface area contributed by atoms with Crippen LogP contribution >= 0.6 is 0 Å². The number of hydrogen-bond acceptors (Lipinski definition) is 3. The molecule has 0 unspecified atom stereocenters. The normalized spacial score (nSPS) is 18.2. The van der Waals surface area contributed by atoms with Crippen LogP contribution in [0.15, 0.2) is 18.2 Å². The van der Waals surface area contributed by atoms with Gasteiger partial charge >= 0.3 is 0 Å². The molecule has 114 valence electrons. The molecule has 0 atom stereocenters. The van der Waals surface area contributed by atoms with E-state index in [1.165, 1.54) is 11.3 Å². The third-order valence-electron chi connectivity index (χ3n) is 4.22. The second-order valence-corrected chi connectivity index (χ2v) is 6.31. The SMILES string of the molecule is CC(C)CC(=O)N1CCc2ccc(N3CCOCC3)cc21. The Labute approximate surface area is 126 Å². The number of carbonyl (C=O) groups excluding carboxylic acids is 1. The summed E-state index contributed by atoms with van der Waals surface area (Å²) in [5.74, 6) is 0.659. The van der Waals surface area contributed by atoms with Crippen molar-refractivity contribution in [1.29, 1.82) is 0 Å². The molecule has 0 aromatic heterocycles. The topological polar surface area (TPSA) is 32.8 Å². The fraction of sp³-hybridized carbons (Fsp3) is 0.588. The van der Waals surface area contributed by atoms with Gasteiger partial charge in [-0.05, 0) is 30.0 Å². The Morgan fingerprint density at radius 2 is 2.00 bits per heavy atom. The fourth-order valence-corrected chi connectivity index (χ4v) is 3.10. The van der Waals surface area contributed by atoms with Crippen molar-refractivity contribution < 1.29 is 9.53 Å². The minimum absolute atomic E-state index is 0.253. The number of rotatable bonds is 3. The Kier molecular flexibility index (Phi) is 4.15. The van der Waals surface area contributed by atoms with Crippen LogP contribution in [0.5, 0.6) is 0 Å². The molecule has 1 amide bonds. The predicted octanol–water partition coefficient (Wildman–Crippen LogP) is 2.46. The Hall–Kier alpha value is -1.55. The molecule has 21 heavy (non-hydrogen) atoms. The number of amides is 1. The van der Waals surface area contributed by atoms with Crippen LogP contribution in [0.3, 0.4) is 0 Å². The minimum atomic E-state index is 0.253. The second-order valence-electron chi connectivity index (χ2n) is 6.31. The lowest BCUT2D eigenvalue weighted by Gasteiger charge is -2.29. The van der Waals surface area contributed by atoms with E-state index in [1.54, 1.807) is 0 Å². The first kappa shape index (κ1) is 14.4. The van der Waals surface area contributed by atoms with Gasteiger partial charge < -0.3 is 14.5 Å². The molecule has 1 aromatic rings. The lowest BCUT2D eigenvalue weighted by atomic mass is 10.1. The average molecular weight is 288 g/mol. The van der Waals surface area contributed by atoms with E-state index in [-0.39, 0.29) is 5.91 Å². The van der Waals surface area contributed by atoms with E-state index in [2.05, 4.69) is 36.9 Å². The number of anilines is 2. The van der Waals surface area contributed by atoms with E-state index in [4.69, 9.17) is 4.74 Å². The number of morpholine rings is 1. The molecule has 0 spiro atoms. The van der Waals surface area contributed by atoms with E-state index < -0.39 is 0 Å². The molecule has 0 radical (unpaired) electrons. The van der Waals surface area contributed by atoms with Gasteiger partial charge in [-0.3, -0.25) is 4.79 Å². The van der Waals surface area contributed by atoms with E-state index >= 15 is 0 Å². The van der Waals surface area contributed by atoms with E-state index in [0.717, 1.165) is 45.0 Å². The van der Waals surface area contributed by atoms with Crippen molar-refractivity contribution in [2.45, 2.75) is 26.7 Å². The molecule has 0 saturated carbocycles. The monoisotopic (exact) mass is 288 g/mol. The van der Waals surface area contributed by atoms with Crippen molar-refractivity contribution in [3.05, 3.63) is 23.8 Å². The zero-order valence-corrected chi connectivity index (χ0v) is 13.0. The minimum Gasteiger partial charge on any atom is -0.378 e. The Bertz CT molecular complexity index is 522. The molecule has 2 aliphatic heterocycles. The molecule has 2 aliphatic rings. The van der Waals surface area contributed by atoms with Gasteiger partial charge in [0.1, 0.15) is 0 Å². The highest BCUT2D eigenvalue weighted by molar-refractivity contribution is 5.96. The molecular weight excluding hydrogens is 264 g/mol. The molecule has 4 heteroatoms. The smallest absolute Gasteiger partial charge is 0.227 e. The lowest BCUT2D eigenvalue weighted by molar-refractivity contribution is -0.119. The van der Waals surface area contributed by atoms with Crippen LogP contribution in [0.25, 0.3) is 0 Å². The zero-order valence-electron chi connectivity index (χ0n) is 13.0. The summed E-state index contributed by atoms with van der Waals surface area (Å²) in [6.07, 6.45) is 1.60. The Morgan fingerprint density at radius 3 is 2.71 bits per heavy atom. The molecule has 3 rings (SSSR count). The number of ether oxygens (including phenoxy) is 1. The van der Waals surface area contributed by atoms with Crippen molar-refractivity contribution in [3.8, 4) is 0 Å². The van der Waals surface area contributed by atoms with E-state index in [1.807, 2.05) is 4.90 Å². The zero-order chi connectivity index (χ0) is 14.8. The van der Waals surface area contributed by atoms with Gasteiger partial charge in [-0.25, -0.2) is 0 Å². The quantitative estimate of drug-likeness (QED) is 0.856. The van der Waals surface area contributed by atoms with Crippen molar-refractivity contribution in [1.82, 2.24) is 0 Å². The van der Waals surface area contributed by atoms with Crippen LogP contribution in [0.2, 0.25) is 0 Å². The number of nitrogens with zero attached hydrogens (tertiary/aromatic N) is 2. The summed E-state index contributed by atoms with van der Waals surface area (Å²) in [7, 11) is 0. The van der Waals surface area contributed by atoms with Crippen molar-refractivity contribution in [2.75, 3.05) is 42.6 Å². The van der Waals surface area contributed by atoms with Gasteiger partial charge in [-0.1, -0.05) is 19.9 Å². The molecule has 1 saturated heterocycles. The van der Waals surface area contributed by atoms with E-state index in [0.29, 0.717) is 12.3 Å². The van der Waals surface area contributed by atoms with Gasteiger partial charge in [0.2, 0.25) is 5.91 Å². The van der Waals surface area contributed by atoms with Crippen LogP contribution in [0, 0.1) is 5.92 Å². The number of fused-ring (bicyclic) bond motifs is 1. The largest absolute Gasteiger partial charge is 0.378 e. The summed E-state index contributed by atoms with van der Waals surface area (Å²) in [5, 5.41) is 0. The molecular formula is C17H24N2O2. The maximum absolute atomic E-state index is 12.4. The molecule has 2 heterocycles. The van der Waals surface area contributed by atoms with Crippen molar-refractivity contribution >= 4 is 17.3 Å². The van der Waals surface area contributed by atoms with Gasteiger partial charge in [0, 0.05) is 37.4 Å². The van der Waals surface area contributed by atoms with Crippen LogP contribution in [-0.4, -0.2) is 38.8 Å². The average Bonchev–Trinajstić information content (AvgIpc) is 2.90. The first-order chi connectivity index (χ1) is 10.1. The van der Waals surface area contributed by atoms with Crippen LogP contribution in [0.4, 0.5) is 11.4 Å². The molecule has 1 aromatic carbocycles. The lowest BCUT2D eigenvalue weighted by Crippen LogP contribution is -2.36. The highest BCUT2D eigenvalue weighted by atomic mass is 16.5. The maximum atomic E-state index is 12.4. The number of hydrogen-bond donors (Lipinski definition) is 0. The summed E-state index contributed by atoms with van der Waals surface area (Å²) >= 11 is 0. The van der Waals surface area contributed by atoms with E-state index in [9.17, 15) is 4.79 Å². The molecule has 0 N–H and O–H groups in total. The van der Waals surface area contributed by atoms with Crippen molar-refractivity contribution in [3.63, 3.8) is 0 Å². The summed E-state index contributed by atoms with van der Waals surface area (Å²) in [5.41, 5.74) is 3.62. The van der Waals surface area contributed by atoms with Crippen molar-refractivity contribution in [2.24, 2.45) is 5.92 Å². The van der Waals surface area contributed by atoms with Crippen LogP contribution in [-0.2, 0) is 16.0 Å². The summed E-state index contributed by atoms with van der Waals surface area (Å²) in [6.45, 7) is 8.45.